The summed E-state index contributed by atoms with van der Waals surface area (Å²) in [5.41, 5.74) is -2.41. The lowest BCUT2D eigenvalue weighted by molar-refractivity contribution is -0.132. The highest BCUT2D eigenvalue weighted by molar-refractivity contribution is 5.91. The van der Waals surface area contributed by atoms with Crippen molar-refractivity contribution in [3.8, 4) is 0 Å². The van der Waals surface area contributed by atoms with Crippen molar-refractivity contribution >= 4 is 23.2 Å². The molecule has 2 N–H and O–H groups in total. The fraction of sp³-hybridized carbons (Fsp3) is 0.250. The second-order valence-electron chi connectivity index (χ2n) is 4.49. The van der Waals surface area contributed by atoms with Crippen LogP contribution in [0.15, 0.2) is 20.0 Å². The Bertz CT molecular complexity index is 960. The summed E-state index contributed by atoms with van der Waals surface area (Å²) in [5.74, 6) is -1.20. The number of carbonyl (C=O) groups is 1. The quantitative estimate of drug-likeness (QED) is 0.670. The number of nitrogens with zero attached hydrogens (tertiary/aromatic N) is 3. The summed E-state index contributed by atoms with van der Waals surface area (Å²) in [6, 6.07) is 0. The van der Waals surface area contributed by atoms with Crippen LogP contribution < -0.4 is 16.8 Å². The number of aliphatic carboxylic acids is 1. The summed E-state index contributed by atoms with van der Waals surface area (Å²) in [5, 5.41) is 8.81. The first kappa shape index (κ1) is 14.4. The Morgan fingerprint density at radius 3 is 2.43 bits per heavy atom. The van der Waals surface area contributed by atoms with E-state index in [1.807, 2.05) is 0 Å². The van der Waals surface area contributed by atoms with E-state index in [4.69, 9.17) is 5.11 Å². The third-order valence-corrected chi connectivity index (χ3v) is 3.02. The Morgan fingerprint density at radius 1 is 1.24 bits per heavy atom. The molecule has 0 saturated heterocycles. The van der Waals surface area contributed by atoms with Crippen molar-refractivity contribution in [3.63, 3.8) is 0 Å². The van der Waals surface area contributed by atoms with Crippen LogP contribution >= 0.6 is 0 Å². The largest absolute Gasteiger partial charge is 0.478 e. The summed E-state index contributed by atoms with van der Waals surface area (Å²) in [6.45, 7) is 1.30. The molecule has 0 fully saturated rings. The van der Waals surface area contributed by atoms with Gasteiger partial charge in [0.2, 0.25) is 0 Å². The Labute approximate surface area is 116 Å². The molecule has 2 aromatic heterocycles. The third-order valence-electron chi connectivity index (χ3n) is 3.02. The number of aromatic amines is 1. The fourth-order valence-electron chi connectivity index (χ4n) is 1.78. The molecule has 0 amide bonds. The molecular formula is C12H12N4O5. The van der Waals surface area contributed by atoms with Gasteiger partial charge in [0.25, 0.3) is 11.1 Å². The van der Waals surface area contributed by atoms with E-state index in [0.29, 0.717) is 0 Å². The van der Waals surface area contributed by atoms with Crippen molar-refractivity contribution in [1.29, 1.82) is 0 Å². The van der Waals surface area contributed by atoms with Crippen LogP contribution in [0.1, 0.15) is 12.6 Å². The molecule has 110 valence electrons. The van der Waals surface area contributed by atoms with Crippen molar-refractivity contribution in [1.82, 2.24) is 19.1 Å². The van der Waals surface area contributed by atoms with Crippen LogP contribution in [0.2, 0.25) is 0 Å². The zero-order valence-electron chi connectivity index (χ0n) is 11.5. The summed E-state index contributed by atoms with van der Waals surface area (Å²) in [4.78, 5) is 52.6. The lowest BCUT2D eigenvalue weighted by atomic mass is 10.2. The maximum atomic E-state index is 11.9. The highest BCUT2D eigenvalue weighted by atomic mass is 16.4. The number of hydrogen-bond acceptors (Lipinski definition) is 5. The van der Waals surface area contributed by atoms with Crippen LogP contribution in [0.5, 0.6) is 0 Å². The van der Waals surface area contributed by atoms with Gasteiger partial charge in [-0.05, 0) is 13.0 Å². The summed E-state index contributed by atoms with van der Waals surface area (Å²) in [7, 11) is 2.68. The van der Waals surface area contributed by atoms with Gasteiger partial charge in [-0.2, -0.15) is 0 Å². The predicted molar refractivity (Wildman–Crippen MR) is 74.1 cm³/mol. The smallest absolute Gasteiger partial charge is 0.332 e. The van der Waals surface area contributed by atoms with E-state index in [2.05, 4.69) is 9.97 Å². The standard InChI is InChI=1S/C12H12N4O5/c1-5(11(19)20)4-6-9(17)14-7-8(13-6)15(2)12(21)16(3)10(7)18/h4H,1-3H3,(H,14,17)(H,19,20). The van der Waals surface area contributed by atoms with Crippen molar-refractivity contribution < 1.29 is 9.90 Å². The number of rotatable bonds is 2. The molecule has 9 nitrogen and oxygen atoms in total. The van der Waals surface area contributed by atoms with Crippen LogP contribution in [0.3, 0.4) is 0 Å². The van der Waals surface area contributed by atoms with E-state index in [0.717, 1.165) is 15.2 Å². The number of carboxylic acid groups (broad SMARTS) is 1. The number of H-pyrrole nitrogens is 1. The maximum absolute atomic E-state index is 11.9. The molecule has 21 heavy (non-hydrogen) atoms. The van der Waals surface area contributed by atoms with Gasteiger partial charge in [-0.15, -0.1) is 0 Å². The second-order valence-corrected chi connectivity index (χ2v) is 4.49. The lowest BCUT2D eigenvalue weighted by Crippen LogP contribution is -2.38. The summed E-state index contributed by atoms with van der Waals surface area (Å²) >= 11 is 0. The van der Waals surface area contributed by atoms with E-state index in [1.54, 1.807) is 0 Å². The van der Waals surface area contributed by atoms with Gasteiger partial charge in [0.05, 0.1) is 0 Å². The third kappa shape index (κ3) is 2.29. The minimum Gasteiger partial charge on any atom is -0.478 e. The first-order chi connectivity index (χ1) is 9.73. The van der Waals surface area contributed by atoms with Gasteiger partial charge in [0.15, 0.2) is 11.2 Å². The molecule has 0 aromatic carbocycles. The molecule has 2 rings (SSSR count). The monoisotopic (exact) mass is 292 g/mol. The van der Waals surface area contributed by atoms with E-state index < -0.39 is 22.8 Å². The van der Waals surface area contributed by atoms with Crippen LogP contribution in [0.25, 0.3) is 17.2 Å². The van der Waals surface area contributed by atoms with Gasteiger partial charge in [-0.25, -0.2) is 14.6 Å². The van der Waals surface area contributed by atoms with E-state index in [9.17, 15) is 19.2 Å². The van der Waals surface area contributed by atoms with E-state index >= 15 is 0 Å². The Morgan fingerprint density at radius 2 is 1.86 bits per heavy atom. The van der Waals surface area contributed by atoms with E-state index in [-0.39, 0.29) is 22.4 Å². The summed E-state index contributed by atoms with van der Waals surface area (Å²) in [6.07, 6.45) is 1.07. The minimum absolute atomic E-state index is 0.0212. The molecule has 0 aliphatic rings. The molecule has 2 heterocycles. The molecule has 0 spiro atoms. The highest BCUT2D eigenvalue weighted by Gasteiger charge is 2.13. The average Bonchev–Trinajstić information content (AvgIpc) is 2.44. The number of hydrogen-bond donors (Lipinski definition) is 2. The predicted octanol–water partition coefficient (Wildman–Crippen LogP) is -1.19. The number of carboxylic acids is 1. The average molecular weight is 292 g/mol. The normalized spacial score (nSPS) is 11.9. The molecule has 0 bridgehead atoms. The number of aryl methyl sites for hydroxylation is 1. The topological polar surface area (TPSA) is 127 Å². The van der Waals surface area contributed by atoms with Crippen LogP contribution in [-0.4, -0.2) is 30.2 Å². The zero-order valence-corrected chi connectivity index (χ0v) is 11.5. The Hall–Kier alpha value is -2.97. The minimum atomic E-state index is -1.20. The van der Waals surface area contributed by atoms with Crippen molar-refractivity contribution in [3.05, 3.63) is 42.5 Å². The molecule has 2 aromatic rings. The first-order valence-corrected chi connectivity index (χ1v) is 5.85. The molecule has 0 radical (unpaired) electrons. The van der Waals surface area contributed by atoms with Crippen molar-refractivity contribution in [2.24, 2.45) is 14.1 Å². The van der Waals surface area contributed by atoms with Gasteiger partial charge in [0, 0.05) is 19.7 Å². The molecule has 9 heteroatoms. The number of fused-ring (bicyclic) bond motifs is 1. The molecule has 0 aliphatic carbocycles. The van der Waals surface area contributed by atoms with Gasteiger partial charge in [-0.1, -0.05) is 0 Å². The Kier molecular flexibility index (Phi) is 3.34. The second kappa shape index (κ2) is 4.85. The van der Waals surface area contributed by atoms with Crippen LogP contribution in [0.4, 0.5) is 0 Å². The number of aromatic nitrogens is 4. The molecule has 0 unspecified atom stereocenters. The van der Waals surface area contributed by atoms with Gasteiger partial charge in [0.1, 0.15) is 5.69 Å². The molecule has 0 saturated carbocycles. The summed E-state index contributed by atoms with van der Waals surface area (Å²) < 4.78 is 1.94. The van der Waals surface area contributed by atoms with Crippen molar-refractivity contribution in [2.45, 2.75) is 6.92 Å². The lowest BCUT2D eigenvalue weighted by Gasteiger charge is -2.06. The molecule has 0 aliphatic heterocycles. The maximum Gasteiger partial charge on any atom is 0.332 e. The SMILES string of the molecule is CC(=Cc1nc2c([nH]c1=O)c(=O)n(C)c(=O)n2C)C(=O)O. The van der Waals surface area contributed by atoms with Crippen LogP contribution in [-0.2, 0) is 18.9 Å². The Balaban J connectivity index is 2.93. The van der Waals surface area contributed by atoms with Gasteiger partial charge >= 0.3 is 11.7 Å². The van der Waals surface area contributed by atoms with E-state index in [1.165, 1.54) is 21.0 Å². The van der Waals surface area contributed by atoms with Crippen molar-refractivity contribution in [2.75, 3.05) is 0 Å². The first-order valence-electron chi connectivity index (χ1n) is 5.85. The fourth-order valence-corrected chi connectivity index (χ4v) is 1.78. The van der Waals surface area contributed by atoms with Gasteiger partial charge < -0.3 is 10.1 Å². The van der Waals surface area contributed by atoms with Gasteiger partial charge in [-0.3, -0.25) is 18.7 Å². The zero-order chi connectivity index (χ0) is 15.9. The molecular weight excluding hydrogens is 280 g/mol. The van der Waals surface area contributed by atoms with Crippen LogP contribution in [0, 0.1) is 0 Å². The number of nitrogens with one attached hydrogen (secondary N) is 1. The molecule has 0 atom stereocenters. The highest BCUT2D eigenvalue weighted by Crippen LogP contribution is 2.03.